The molecule has 1 aliphatic heterocycles. The highest BCUT2D eigenvalue weighted by atomic mass is 35.5. The summed E-state index contributed by atoms with van der Waals surface area (Å²) < 4.78 is 1.14. The van der Waals surface area contributed by atoms with Crippen molar-refractivity contribution in [1.82, 2.24) is 9.78 Å². The summed E-state index contributed by atoms with van der Waals surface area (Å²) in [6.45, 7) is 1.92. The van der Waals surface area contributed by atoms with Gasteiger partial charge in [0.1, 0.15) is 6.54 Å². The van der Waals surface area contributed by atoms with E-state index in [4.69, 9.17) is 23.2 Å². The van der Waals surface area contributed by atoms with Crippen LogP contribution in [0.25, 0.3) is 11.3 Å². The lowest BCUT2D eigenvalue weighted by molar-refractivity contribution is -0.117. The largest absolute Gasteiger partial charge is 0.372 e. The lowest BCUT2D eigenvalue weighted by Crippen LogP contribution is -2.29. The summed E-state index contributed by atoms with van der Waals surface area (Å²) in [6, 6.07) is 16.2. The Balaban J connectivity index is 1.49. The summed E-state index contributed by atoms with van der Waals surface area (Å²) in [5.74, 6) is -0.420. The van der Waals surface area contributed by atoms with E-state index in [0.29, 0.717) is 16.4 Å². The zero-order valence-electron chi connectivity index (χ0n) is 16.9. The molecule has 0 spiro atoms. The Bertz CT molecular complexity index is 1140. The van der Waals surface area contributed by atoms with Gasteiger partial charge in [-0.05, 0) is 49.6 Å². The van der Waals surface area contributed by atoms with E-state index in [1.54, 1.807) is 24.3 Å². The van der Waals surface area contributed by atoms with Crippen LogP contribution in [-0.4, -0.2) is 28.8 Å². The fourth-order valence-electron chi connectivity index (χ4n) is 3.64. The lowest BCUT2D eigenvalue weighted by atomic mass is 10.1. The molecule has 1 amide bonds. The molecule has 1 N–H and O–H groups in total. The molecule has 0 atom stereocenters. The number of nitrogens with zero attached hydrogens (tertiary/aromatic N) is 3. The van der Waals surface area contributed by atoms with Gasteiger partial charge >= 0.3 is 0 Å². The minimum Gasteiger partial charge on any atom is -0.372 e. The summed E-state index contributed by atoms with van der Waals surface area (Å²) in [5.41, 5.74) is 2.72. The highest BCUT2D eigenvalue weighted by molar-refractivity contribution is 6.43. The number of piperidine rings is 1. The summed E-state index contributed by atoms with van der Waals surface area (Å²) in [5, 5.41) is 7.63. The third kappa shape index (κ3) is 5.09. The van der Waals surface area contributed by atoms with Crippen molar-refractivity contribution in [3.05, 3.63) is 75.0 Å². The van der Waals surface area contributed by atoms with Crippen molar-refractivity contribution < 1.29 is 4.79 Å². The minimum absolute atomic E-state index is 0.235. The average Bonchev–Trinajstić information content (AvgIpc) is 2.79. The fraction of sp³-hybridized carbons (Fsp3) is 0.261. The number of nitrogens with one attached hydrogen (secondary N) is 1. The van der Waals surface area contributed by atoms with Crippen LogP contribution in [0.1, 0.15) is 19.3 Å². The first-order valence-corrected chi connectivity index (χ1v) is 10.9. The van der Waals surface area contributed by atoms with Crippen molar-refractivity contribution in [2.24, 2.45) is 0 Å². The van der Waals surface area contributed by atoms with Gasteiger partial charge in [-0.1, -0.05) is 41.4 Å². The second kappa shape index (κ2) is 9.54. The van der Waals surface area contributed by atoms with Crippen molar-refractivity contribution in [1.29, 1.82) is 0 Å². The smallest absolute Gasteiger partial charge is 0.267 e. The number of halogens is 2. The van der Waals surface area contributed by atoms with E-state index in [-0.39, 0.29) is 17.1 Å². The third-order valence-corrected chi connectivity index (χ3v) is 6.09. The first-order chi connectivity index (χ1) is 15.0. The molecule has 2 heterocycles. The maximum absolute atomic E-state index is 12.4. The van der Waals surface area contributed by atoms with Gasteiger partial charge in [0.05, 0.1) is 21.4 Å². The van der Waals surface area contributed by atoms with E-state index in [1.807, 2.05) is 12.1 Å². The number of amides is 1. The number of hydrogen-bond acceptors (Lipinski definition) is 4. The molecular formula is C23H22Cl2N4O2. The van der Waals surface area contributed by atoms with Crippen LogP contribution in [0.2, 0.25) is 10.0 Å². The second-order valence-corrected chi connectivity index (χ2v) is 8.24. The van der Waals surface area contributed by atoms with Gasteiger partial charge in [0.15, 0.2) is 0 Å². The Morgan fingerprint density at radius 1 is 0.968 bits per heavy atom. The Morgan fingerprint density at radius 3 is 2.45 bits per heavy atom. The van der Waals surface area contributed by atoms with Crippen LogP contribution >= 0.6 is 23.2 Å². The molecule has 31 heavy (non-hydrogen) atoms. The number of carbonyl (C=O) groups is 1. The first-order valence-electron chi connectivity index (χ1n) is 10.2. The fourth-order valence-corrected chi connectivity index (χ4v) is 3.99. The van der Waals surface area contributed by atoms with E-state index in [0.717, 1.165) is 23.3 Å². The third-order valence-electron chi connectivity index (χ3n) is 5.27. The number of hydrogen-bond donors (Lipinski definition) is 1. The predicted molar refractivity (Wildman–Crippen MR) is 125 cm³/mol. The molecule has 2 aromatic carbocycles. The van der Waals surface area contributed by atoms with Gasteiger partial charge in [-0.25, -0.2) is 4.68 Å². The normalized spacial score (nSPS) is 13.8. The Hall–Kier alpha value is -2.83. The molecular weight excluding hydrogens is 435 g/mol. The number of rotatable bonds is 5. The van der Waals surface area contributed by atoms with Crippen LogP contribution in [0, 0.1) is 0 Å². The summed E-state index contributed by atoms with van der Waals surface area (Å²) in [6.07, 6.45) is 3.73. The van der Waals surface area contributed by atoms with Crippen molar-refractivity contribution in [3.63, 3.8) is 0 Å². The predicted octanol–water partition coefficient (Wildman–Crippen LogP) is 4.85. The van der Waals surface area contributed by atoms with Gasteiger partial charge in [0, 0.05) is 30.4 Å². The Morgan fingerprint density at radius 2 is 1.71 bits per heavy atom. The van der Waals surface area contributed by atoms with Gasteiger partial charge in [0.25, 0.3) is 5.56 Å². The molecule has 6 nitrogen and oxygen atoms in total. The molecule has 4 rings (SSSR count). The molecule has 0 bridgehead atoms. The van der Waals surface area contributed by atoms with E-state index in [2.05, 4.69) is 27.4 Å². The molecule has 0 radical (unpaired) electrons. The van der Waals surface area contributed by atoms with Crippen LogP contribution in [0.5, 0.6) is 0 Å². The molecule has 3 aromatic rings. The zero-order valence-corrected chi connectivity index (χ0v) is 18.4. The number of carbonyl (C=O) groups excluding carboxylic acids is 1. The molecule has 8 heteroatoms. The van der Waals surface area contributed by atoms with Gasteiger partial charge < -0.3 is 10.2 Å². The molecule has 0 aliphatic carbocycles. The maximum Gasteiger partial charge on any atom is 0.267 e. The molecule has 1 aromatic heterocycles. The SMILES string of the molecule is O=C(Cn1nc(-c2ccc(N3CCCCC3)cc2)ccc1=O)Nc1cccc(Cl)c1Cl. The molecule has 1 saturated heterocycles. The van der Waals surface area contributed by atoms with Crippen LogP contribution in [0.3, 0.4) is 0 Å². The van der Waals surface area contributed by atoms with E-state index in [1.165, 1.54) is 31.0 Å². The maximum atomic E-state index is 12.4. The van der Waals surface area contributed by atoms with Gasteiger partial charge in [-0.2, -0.15) is 5.10 Å². The molecule has 1 fully saturated rings. The standard InChI is InChI=1S/C23H22Cl2N4O2/c24-18-5-4-6-20(23(18)25)26-21(30)15-29-22(31)12-11-19(27-29)16-7-9-17(10-8-16)28-13-2-1-3-14-28/h4-12H,1-3,13-15H2,(H,26,30). The van der Waals surface area contributed by atoms with Crippen molar-refractivity contribution in [2.45, 2.75) is 25.8 Å². The van der Waals surface area contributed by atoms with Crippen molar-refractivity contribution in [2.75, 3.05) is 23.3 Å². The first kappa shape index (κ1) is 21.4. The van der Waals surface area contributed by atoms with E-state index >= 15 is 0 Å². The van der Waals surface area contributed by atoms with Crippen LogP contribution in [0.15, 0.2) is 59.4 Å². The zero-order chi connectivity index (χ0) is 21.8. The van der Waals surface area contributed by atoms with Gasteiger partial charge in [-0.3, -0.25) is 9.59 Å². The summed E-state index contributed by atoms with van der Waals surface area (Å²) >= 11 is 12.1. The highest BCUT2D eigenvalue weighted by Gasteiger charge is 2.13. The average molecular weight is 457 g/mol. The van der Waals surface area contributed by atoms with E-state index < -0.39 is 5.91 Å². The topological polar surface area (TPSA) is 67.2 Å². The second-order valence-electron chi connectivity index (χ2n) is 7.46. The lowest BCUT2D eigenvalue weighted by Gasteiger charge is -2.28. The highest BCUT2D eigenvalue weighted by Crippen LogP contribution is 2.29. The van der Waals surface area contributed by atoms with Crippen LogP contribution in [0.4, 0.5) is 11.4 Å². The molecule has 1 aliphatic rings. The number of aromatic nitrogens is 2. The Labute approximate surface area is 190 Å². The van der Waals surface area contributed by atoms with E-state index in [9.17, 15) is 9.59 Å². The summed E-state index contributed by atoms with van der Waals surface area (Å²) in [7, 11) is 0. The van der Waals surface area contributed by atoms with Crippen LogP contribution < -0.4 is 15.8 Å². The summed E-state index contributed by atoms with van der Waals surface area (Å²) in [4.78, 5) is 27.1. The van der Waals surface area contributed by atoms with Crippen molar-refractivity contribution >= 4 is 40.5 Å². The number of benzene rings is 2. The Kier molecular flexibility index (Phi) is 6.59. The van der Waals surface area contributed by atoms with Crippen molar-refractivity contribution in [3.8, 4) is 11.3 Å². The van der Waals surface area contributed by atoms with Crippen LogP contribution in [-0.2, 0) is 11.3 Å². The number of anilines is 2. The quantitative estimate of drug-likeness (QED) is 0.595. The minimum atomic E-state index is -0.420. The monoisotopic (exact) mass is 456 g/mol. The molecule has 160 valence electrons. The van der Waals surface area contributed by atoms with Gasteiger partial charge in [-0.15, -0.1) is 0 Å². The molecule has 0 unspecified atom stereocenters. The van der Waals surface area contributed by atoms with Gasteiger partial charge in [0.2, 0.25) is 5.91 Å². The molecule has 0 saturated carbocycles.